The van der Waals surface area contributed by atoms with Crippen LogP contribution in [0, 0.1) is 0 Å². The maximum atomic E-state index is 12.1. The SMILES string of the molecule is C=C(C)C(=O)OCCC[Si](OC(=O)C(=C)C)(OC(=O)C(=C)C)OC(=O)C(=C)C. The summed E-state index contributed by atoms with van der Waals surface area (Å²) >= 11 is 0. The highest BCUT2D eigenvalue weighted by Gasteiger charge is 2.53. The molecule has 0 amide bonds. The fourth-order valence-electron chi connectivity index (χ4n) is 1.48. The molecule has 0 saturated carbocycles. The number of hydrogen-bond donors (Lipinski definition) is 0. The van der Waals surface area contributed by atoms with E-state index in [0.29, 0.717) is 0 Å². The first-order valence-electron chi connectivity index (χ1n) is 8.30. The lowest BCUT2D eigenvalue weighted by Crippen LogP contribution is -2.50. The van der Waals surface area contributed by atoms with Crippen molar-refractivity contribution in [2.45, 2.75) is 40.2 Å². The lowest BCUT2D eigenvalue weighted by atomic mass is 10.4. The largest absolute Gasteiger partial charge is 0.705 e. The minimum Gasteiger partial charge on any atom is -0.462 e. The molecular weight excluding hydrogens is 384 g/mol. The minimum atomic E-state index is -4.22. The number of carbonyl (C=O) groups is 4. The highest BCUT2D eigenvalue weighted by atomic mass is 28.4. The molecule has 0 aromatic rings. The van der Waals surface area contributed by atoms with E-state index in [9.17, 15) is 19.2 Å². The Balaban J connectivity index is 5.64. The Kier molecular flexibility index (Phi) is 9.87. The summed E-state index contributed by atoms with van der Waals surface area (Å²) in [6.07, 6.45) is 0.0850. The molecule has 0 heterocycles. The Labute approximate surface area is 165 Å². The van der Waals surface area contributed by atoms with E-state index in [2.05, 4.69) is 26.3 Å². The first-order valence-corrected chi connectivity index (χ1v) is 10.2. The number of ether oxygens (including phenoxy) is 1. The van der Waals surface area contributed by atoms with Crippen LogP contribution in [-0.4, -0.2) is 39.3 Å². The Bertz CT molecular complexity index is 650. The lowest BCUT2D eigenvalue weighted by molar-refractivity contribution is -0.146. The van der Waals surface area contributed by atoms with Crippen molar-refractivity contribution in [2.24, 2.45) is 0 Å². The molecular formula is C19H26O8Si. The fraction of sp³-hybridized carbons (Fsp3) is 0.368. The van der Waals surface area contributed by atoms with E-state index in [1.165, 1.54) is 27.7 Å². The molecule has 0 aliphatic rings. The molecule has 0 aromatic heterocycles. The van der Waals surface area contributed by atoms with Gasteiger partial charge in [0.15, 0.2) is 0 Å². The molecule has 9 heteroatoms. The lowest BCUT2D eigenvalue weighted by Gasteiger charge is -2.27. The van der Waals surface area contributed by atoms with Crippen molar-refractivity contribution < 1.29 is 37.2 Å². The molecule has 0 aliphatic heterocycles. The maximum Gasteiger partial charge on any atom is 0.705 e. The van der Waals surface area contributed by atoms with E-state index in [4.69, 9.17) is 18.0 Å². The minimum absolute atomic E-state index is 0.0170. The van der Waals surface area contributed by atoms with Gasteiger partial charge < -0.3 is 18.0 Å². The van der Waals surface area contributed by atoms with Gasteiger partial charge in [0.2, 0.25) is 0 Å². The van der Waals surface area contributed by atoms with Gasteiger partial charge in [-0.05, 0) is 34.1 Å². The van der Waals surface area contributed by atoms with E-state index >= 15 is 0 Å². The molecule has 0 spiro atoms. The standard InChI is InChI=1S/C19H26O8Si/c1-12(2)16(20)24-10-9-11-28(25-17(21)13(3)4,26-18(22)14(5)6)27-19(23)15(7)8/h1,3,5,7,9-11H2,2,4,6,8H3. The Morgan fingerprint density at radius 2 is 0.964 bits per heavy atom. The van der Waals surface area contributed by atoms with Gasteiger partial charge in [0.25, 0.3) is 0 Å². The van der Waals surface area contributed by atoms with Gasteiger partial charge in [-0.1, -0.05) is 26.3 Å². The molecule has 0 unspecified atom stereocenters. The Morgan fingerprint density at radius 3 is 1.25 bits per heavy atom. The van der Waals surface area contributed by atoms with Crippen LogP contribution in [0.25, 0.3) is 0 Å². The molecule has 0 bridgehead atoms. The number of esters is 1. The van der Waals surface area contributed by atoms with Crippen LogP contribution in [0.5, 0.6) is 0 Å². The molecule has 0 fully saturated rings. The van der Waals surface area contributed by atoms with Crippen LogP contribution in [0.3, 0.4) is 0 Å². The first kappa shape index (κ1) is 25.1. The number of rotatable bonds is 11. The van der Waals surface area contributed by atoms with Crippen LogP contribution in [0.2, 0.25) is 6.04 Å². The first-order chi connectivity index (χ1) is 12.8. The van der Waals surface area contributed by atoms with Gasteiger partial charge in [-0.15, -0.1) is 0 Å². The van der Waals surface area contributed by atoms with Crippen molar-refractivity contribution in [3.8, 4) is 0 Å². The molecule has 0 aliphatic carbocycles. The van der Waals surface area contributed by atoms with E-state index in [1.54, 1.807) is 0 Å². The third kappa shape index (κ3) is 8.63. The van der Waals surface area contributed by atoms with E-state index in [-0.39, 0.29) is 41.4 Å². The van der Waals surface area contributed by atoms with E-state index in [1.807, 2.05) is 0 Å². The molecule has 0 atom stereocenters. The van der Waals surface area contributed by atoms with Crippen LogP contribution in [0.4, 0.5) is 0 Å². The monoisotopic (exact) mass is 410 g/mol. The van der Waals surface area contributed by atoms with Crippen molar-refractivity contribution in [2.75, 3.05) is 6.61 Å². The average Bonchev–Trinajstić information content (AvgIpc) is 2.57. The zero-order chi connectivity index (χ0) is 22.1. The molecule has 28 heavy (non-hydrogen) atoms. The van der Waals surface area contributed by atoms with Crippen LogP contribution in [0.1, 0.15) is 34.1 Å². The summed E-state index contributed by atoms with van der Waals surface area (Å²) in [5.41, 5.74) is 0.259. The fourth-order valence-corrected chi connectivity index (χ4v) is 3.86. The molecule has 0 aromatic carbocycles. The maximum absolute atomic E-state index is 12.1. The van der Waals surface area contributed by atoms with Crippen LogP contribution in [-0.2, 0) is 37.2 Å². The van der Waals surface area contributed by atoms with E-state index < -0.39 is 32.7 Å². The summed E-state index contributed by atoms with van der Waals surface area (Å²) in [5.74, 6) is -3.29. The third-order valence-electron chi connectivity index (χ3n) is 3.00. The quantitative estimate of drug-likeness (QED) is 0.222. The summed E-state index contributed by atoms with van der Waals surface area (Å²) in [7, 11) is -4.22. The van der Waals surface area contributed by atoms with Gasteiger partial charge in [0, 0.05) is 22.3 Å². The molecule has 8 nitrogen and oxygen atoms in total. The molecule has 0 saturated heterocycles. The molecule has 0 N–H and O–H groups in total. The zero-order valence-electron chi connectivity index (χ0n) is 16.7. The predicted molar refractivity (Wildman–Crippen MR) is 104 cm³/mol. The van der Waals surface area contributed by atoms with Gasteiger partial charge >= 0.3 is 32.7 Å². The normalized spacial score (nSPS) is 10.3. The zero-order valence-corrected chi connectivity index (χ0v) is 17.7. The van der Waals surface area contributed by atoms with E-state index in [0.717, 1.165) is 0 Å². The van der Waals surface area contributed by atoms with Gasteiger partial charge in [-0.25, -0.2) is 19.2 Å². The Hall–Kier alpha value is -2.94. The second-order valence-corrected chi connectivity index (χ2v) is 8.69. The van der Waals surface area contributed by atoms with Gasteiger partial charge in [-0.2, -0.15) is 0 Å². The van der Waals surface area contributed by atoms with Crippen molar-refractivity contribution in [1.82, 2.24) is 0 Å². The van der Waals surface area contributed by atoms with Crippen molar-refractivity contribution >= 4 is 32.7 Å². The summed E-state index contributed by atoms with van der Waals surface area (Å²) in [6.45, 7) is 19.4. The second-order valence-electron chi connectivity index (χ2n) is 6.21. The Morgan fingerprint density at radius 1 is 0.643 bits per heavy atom. The summed E-state index contributed by atoms with van der Waals surface area (Å²) < 4.78 is 20.8. The van der Waals surface area contributed by atoms with Crippen molar-refractivity contribution in [3.63, 3.8) is 0 Å². The van der Waals surface area contributed by atoms with Crippen LogP contribution in [0.15, 0.2) is 48.6 Å². The van der Waals surface area contributed by atoms with Crippen molar-refractivity contribution in [3.05, 3.63) is 48.6 Å². The summed E-state index contributed by atoms with van der Waals surface area (Å²) in [5, 5.41) is 0. The van der Waals surface area contributed by atoms with Crippen LogP contribution < -0.4 is 0 Å². The van der Waals surface area contributed by atoms with Gasteiger partial charge in [0.1, 0.15) is 0 Å². The number of hydrogen-bond acceptors (Lipinski definition) is 8. The molecule has 0 radical (unpaired) electrons. The smallest absolute Gasteiger partial charge is 0.462 e. The van der Waals surface area contributed by atoms with Crippen LogP contribution >= 0.6 is 0 Å². The third-order valence-corrected chi connectivity index (χ3v) is 5.45. The van der Waals surface area contributed by atoms with Crippen molar-refractivity contribution in [1.29, 1.82) is 0 Å². The highest BCUT2D eigenvalue weighted by molar-refractivity contribution is 6.66. The summed E-state index contributed by atoms with van der Waals surface area (Å²) in [6, 6.07) is -0.173. The van der Waals surface area contributed by atoms with Gasteiger partial charge in [0.05, 0.1) is 12.7 Å². The highest BCUT2D eigenvalue weighted by Crippen LogP contribution is 2.23. The molecule has 154 valence electrons. The summed E-state index contributed by atoms with van der Waals surface area (Å²) in [4.78, 5) is 47.7. The topological polar surface area (TPSA) is 105 Å². The molecule has 0 rings (SSSR count). The predicted octanol–water partition coefficient (Wildman–Crippen LogP) is 2.79. The second kappa shape index (κ2) is 11.0. The average molecular weight is 410 g/mol. The van der Waals surface area contributed by atoms with Gasteiger partial charge in [-0.3, -0.25) is 0 Å². The number of carbonyl (C=O) groups excluding carboxylic acids is 4.